The number of aromatic carboxylic acids is 1. The van der Waals surface area contributed by atoms with Gasteiger partial charge in [0.2, 0.25) is 0 Å². The molecule has 0 aromatic carbocycles. The second-order valence-corrected chi connectivity index (χ2v) is 3.56. The normalized spacial score (nSPS) is 10.8. The number of rotatable bonds is 4. The van der Waals surface area contributed by atoms with E-state index in [4.69, 9.17) is 5.11 Å². The van der Waals surface area contributed by atoms with Gasteiger partial charge < -0.3 is 5.11 Å². The van der Waals surface area contributed by atoms with E-state index in [0.717, 1.165) is 4.68 Å². The number of hydrogen-bond acceptors (Lipinski definition) is 3. The number of nitrogens with zero attached hydrogens (tertiary/aromatic N) is 3. The average Bonchev–Trinajstić information content (AvgIpc) is 2.77. The molecule has 1 N–H and O–H groups in total. The van der Waals surface area contributed by atoms with E-state index < -0.39 is 18.9 Å². The average molecular weight is 253 g/mol. The molecule has 0 unspecified atom stereocenters. The maximum Gasteiger partial charge on any atom is 0.354 e. The molecule has 0 radical (unpaired) electrons. The van der Waals surface area contributed by atoms with Gasteiger partial charge in [-0.25, -0.2) is 18.6 Å². The molecule has 0 fully saturated rings. The van der Waals surface area contributed by atoms with Gasteiger partial charge in [0.1, 0.15) is 12.2 Å². The number of halogens is 2. The molecule has 0 spiro atoms. The number of pyridine rings is 1. The Morgan fingerprint density at radius 1 is 1.44 bits per heavy atom. The van der Waals surface area contributed by atoms with E-state index in [1.54, 1.807) is 6.07 Å². The van der Waals surface area contributed by atoms with Crippen LogP contribution >= 0.6 is 0 Å². The number of carbonyl (C=O) groups is 1. The predicted molar refractivity (Wildman–Crippen MR) is 58.4 cm³/mol. The predicted octanol–water partition coefficient (Wildman–Crippen LogP) is 1.91. The molecule has 0 atom stereocenters. The smallest absolute Gasteiger partial charge is 0.354 e. The third kappa shape index (κ3) is 2.68. The summed E-state index contributed by atoms with van der Waals surface area (Å²) >= 11 is 0. The molecule has 2 heterocycles. The van der Waals surface area contributed by atoms with Crippen molar-refractivity contribution in [1.29, 1.82) is 0 Å². The van der Waals surface area contributed by atoms with Gasteiger partial charge in [-0.3, -0.25) is 4.68 Å². The van der Waals surface area contributed by atoms with Crippen LogP contribution in [0, 0.1) is 0 Å². The Bertz CT molecular complexity index is 569. The van der Waals surface area contributed by atoms with Gasteiger partial charge >= 0.3 is 5.97 Å². The van der Waals surface area contributed by atoms with Crippen molar-refractivity contribution in [3.05, 3.63) is 36.3 Å². The van der Waals surface area contributed by atoms with Crippen molar-refractivity contribution in [2.24, 2.45) is 0 Å². The van der Waals surface area contributed by atoms with Gasteiger partial charge in [-0.2, -0.15) is 5.10 Å². The Morgan fingerprint density at radius 2 is 2.22 bits per heavy atom. The minimum absolute atomic E-state index is 0.103. The van der Waals surface area contributed by atoms with Crippen molar-refractivity contribution in [1.82, 2.24) is 14.8 Å². The summed E-state index contributed by atoms with van der Waals surface area (Å²) in [5.41, 5.74) is 0.781. The Balaban J connectivity index is 2.28. The molecule has 18 heavy (non-hydrogen) atoms. The van der Waals surface area contributed by atoms with Crippen LogP contribution in [0.1, 0.15) is 10.5 Å². The molecular formula is C11H9F2N3O2. The van der Waals surface area contributed by atoms with E-state index in [1.807, 2.05) is 0 Å². The second-order valence-electron chi connectivity index (χ2n) is 3.56. The number of alkyl halides is 2. The van der Waals surface area contributed by atoms with Gasteiger partial charge in [-0.15, -0.1) is 0 Å². The van der Waals surface area contributed by atoms with Crippen molar-refractivity contribution in [2.75, 3.05) is 0 Å². The van der Waals surface area contributed by atoms with Gasteiger partial charge in [0.25, 0.3) is 6.43 Å². The highest BCUT2D eigenvalue weighted by Crippen LogP contribution is 2.16. The Hall–Kier alpha value is -2.31. The largest absolute Gasteiger partial charge is 0.477 e. The van der Waals surface area contributed by atoms with Gasteiger partial charge in [0, 0.05) is 11.8 Å². The first kappa shape index (κ1) is 12.2. The molecule has 2 aromatic rings. The van der Waals surface area contributed by atoms with Crippen molar-refractivity contribution in [2.45, 2.75) is 13.0 Å². The molecule has 0 amide bonds. The minimum atomic E-state index is -2.49. The summed E-state index contributed by atoms with van der Waals surface area (Å²) in [6.45, 7) is -0.501. The zero-order valence-electron chi connectivity index (χ0n) is 9.12. The fraction of sp³-hybridized carbons (Fsp3) is 0.182. The quantitative estimate of drug-likeness (QED) is 0.903. The first-order chi connectivity index (χ1) is 8.56. The topological polar surface area (TPSA) is 68.0 Å². The van der Waals surface area contributed by atoms with Crippen molar-refractivity contribution in [3.63, 3.8) is 0 Å². The SMILES string of the molecule is O=C(O)c1cccc(-c2cnn(CC(F)F)c2)n1. The fourth-order valence-electron chi connectivity index (χ4n) is 1.45. The third-order valence-electron chi connectivity index (χ3n) is 2.22. The number of carboxylic acids is 1. The highest BCUT2D eigenvalue weighted by molar-refractivity contribution is 5.86. The molecule has 0 aliphatic heterocycles. The fourth-order valence-corrected chi connectivity index (χ4v) is 1.45. The van der Waals surface area contributed by atoms with Crippen LogP contribution in [0.25, 0.3) is 11.3 Å². The molecule has 94 valence electrons. The molecule has 0 bridgehead atoms. The zero-order chi connectivity index (χ0) is 13.1. The molecule has 7 heteroatoms. The van der Waals surface area contributed by atoms with E-state index in [1.165, 1.54) is 24.5 Å². The summed E-state index contributed by atoms with van der Waals surface area (Å²) in [4.78, 5) is 14.6. The van der Waals surface area contributed by atoms with Crippen LogP contribution < -0.4 is 0 Å². The van der Waals surface area contributed by atoms with Gasteiger partial charge in [-0.05, 0) is 12.1 Å². The van der Waals surface area contributed by atoms with Crippen LogP contribution in [0.5, 0.6) is 0 Å². The second kappa shape index (κ2) is 4.91. The van der Waals surface area contributed by atoms with E-state index in [0.29, 0.717) is 11.3 Å². The van der Waals surface area contributed by atoms with Crippen molar-refractivity contribution >= 4 is 5.97 Å². The lowest BCUT2D eigenvalue weighted by Crippen LogP contribution is -2.06. The molecule has 2 aromatic heterocycles. The molecule has 0 saturated heterocycles. The highest BCUT2D eigenvalue weighted by atomic mass is 19.3. The minimum Gasteiger partial charge on any atom is -0.477 e. The van der Waals surface area contributed by atoms with E-state index >= 15 is 0 Å². The summed E-state index contributed by atoms with van der Waals surface area (Å²) in [7, 11) is 0. The summed E-state index contributed by atoms with van der Waals surface area (Å²) in [6, 6.07) is 4.49. The maximum absolute atomic E-state index is 12.1. The van der Waals surface area contributed by atoms with Gasteiger partial charge in [0.05, 0.1) is 11.9 Å². The van der Waals surface area contributed by atoms with Crippen LogP contribution in [0.15, 0.2) is 30.6 Å². The van der Waals surface area contributed by atoms with E-state index in [-0.39, 0.29) is 5.69 Å². The highest BCUT2D eigenvalue weighted by Gasteiger charge is 2.10. The van der Waals surface area contributed by atoms with Crippen LogP contribution in [0.2, 0.25) is 0 Å². The molecule has 0 aliphatic carbocycles. The lowest BCUT2D eigenvalue weighted by molar-refractivity contribution is 0.0690. The van der Waals surface area contributed by atoms with E-state index in [9.17, 15) is 13.6 Å². The molecule has 0 aliphatic rings. The summed E-state index contributed by atoms with van der Waals surface area (Å²) in [5, 5.41) is 12.6. The molecule has 5 nitrogen and oxygen atoms in total. The number of hydrogen-bond donors (Lipinski definition) is 1. The standard InChI is InChI=1S/C11H9F2N3O2/c12-10(13)6-16-5-7(4-14-16)8-2-1-3-9(15-8)11(17)18/h1-5,10H,6H2,(H,17,18). The van der Waals surface area contributed by atoms with Crippen molar-refractivity contribution < 1.29 is 18.7 Å². The van der Waals surface area contributed by atoms with Gasteiger partial charge in [-0.1, -0.05) is 6.07 Å². The zero-order valence-corrected chi connectivity index (χ0v) is 9.12. The van der Waals surface area contributed by atoms with Crippen LogP contribution in [0.4, 0.5) is 8.78 Å². The Kier molecular flexibility index (Phi) is 3.31. The van der Waals surface area contributed by atoms with Crippen molar-refractivity contribution in [3.8, 4) is 11.3 Å². The summed E-state index contributed by atoms with van der Waals surface area (Å²) in [6.07, 6.45) is 0.285. The maximum atomic E-state index is 12.1. The van der Waals surface area contributed by atoms with Crippen LogP contribution in [-0.4, -0.2) is 32.3 Å². The lowest BCUT2D eigenvalue weighted by Gasteiger charge is -1.99. The lowest BCUT2D eigenvalue weighted by atomic mass is 10.2. The van der Waals surface area contributed by atoms with Gasteiger partial charge in [0.15, 0.2) is 0 Å². The van der Waals surface area contributed by atoms with Crippen LogP contribution in [0.3, 0.4) is 0 Å². The Morgan fingerprint density at radius 3 is 2.89 bits per heavy atom. The van der Waals surface area contributed by atoms with E-state index in [2.05, 4.69) is 10.1 Å². The van der Waals surface area contributed by atoms with Crippen LogP contribution in [-0.2, 0) is 6.54 Å². The first-order valence-electron chi connectivity index (χ1n) is 5.07. The molecule has 2 rings (SSSR count). The molecular weight excluding hydrogens is 244 g/mol. The third-order valence-corrected chi connectivity index (χ3v) is 2.22. The summed E-state index contributed by atoms with van der Waals surface area (Å²) in [5.74, 6) is -1.14. The number of carboxylic acid groups (broad SMARTS) is 1. The first-order valence-corrected chi connectivity index (χ1v) is 5.07. The number of aromatic nitrogens is 3. The molecule has 0 saturated carbocycles. The Labute approximate surface area is 101 Å². The monoisotopic (exact) mass is 253 g/mol. The summed E-state index contributed by atoms with van der Waals surface area (Å²) < 4.78 is 25.4.